The maximum Gasteiger partial charge on any atom is 0.173 e. The summed E-state index contributed by atoms with van der Waals surface area (Å²) in [4.78, 5) is 0. The highest BCUT2D eigenvalue weighted by Gasteiger charge is 2.37. The second-order valence-electron chi connectivity index (χ2n) is 8.52. The quantitative estimate of drug-likeness (QED) is 0.309. The molecule has 2 heterocycles. The van der Waals surface area contributed by atoms with Crippen LogP contribution in [0, 0.1) is 0 Å². The number of nitrogens with zero attached hydrogens (tertiary/aromatic N) is 1. The van der Waals surface area contributed by atoms with Gasteiger partial charge in [-0.15, -0.1) is 0 Å². The molecule has 0 fully saturated rings. The summed E-state index contributed by atoms with van der Waals surface area (Å²) in [5, 5.41) is 2.56. The molecule has 4 aromatic carbocycles. The molecule has 166 valence electrons. The molecule has 4 heteroatoms. The first kappa shape index (κ1) is 20.8. The number of aromatic nitrogens is 1. The van der Waals surface area contributed by atoms with Crippen LogP contribution in [-0.2, 0) is 11.0 Å². The number of fused-ring (bicyclic) bond motifs is 3. The summed E-state index contributed by atoms with van der Waals surface area (Å²) in [7, 11) is -1.47. The van der Waals surface area contributed by atoms with Crippen LogP contribution in [0.1, 0.15) is 11.3 Å². The number of ether oxygens (including phenoxy) is 1. The Balaban J connectivity index is 1.68. The largest absolute Gasteiger partial charge is 0.497 e. The van der Waals surface area contributed by atoms with Crippen LogP contribution in [0.4, 0.5) is 0 Å². The van der Waals surface area contributed by atoms with E-state index in [9.17, 15) is 0 Å². The van der Waals surface area contributed by atoms with Gasteiger partial charge >= 0.3 is 0 Å². The Labute approximate surface area is 199 Å². The third-order valence-electron chi connectivity index (χ3n) is 6.65. The van der Waals surface area contributed by atoms with Gasteiger partial charge < -0.3 is 13.9 Å². The van der Waals surface area contributed by atoms with E-state index >= 15 is 4.57 Å². The predicted molar refractivity (Wildman–Crippen MR) is 140 cm³/mol. The van der Waals surface area contributed by atoms with Gasteiger partial charge in [-0.25, -0.2) is 0 Å². The molecule has 0 bridgehead atoms. The lowest BCUT2D eigenvalue weighted by Crippen LogP contribution is -2.25. The first-order chi connectivity index (χ1) is 16.7. The Morgan fingerprint density at radius 1 is 0.735 bits per heavy atom. The summed E-state index contributed by atoms with van der Waals surface area (Å²) in [6.45, 7) is 0. The SMILES string of the molecule is COc1ccc(-c2c(P(=O)(c3ccccc3)c3ccccc3)cn3c2Cc2ccccc2-3)cc1. The van der Waals surface area contributed by atoms with Crippen molar-refractivity contribution in [3.8, 4) is 22.6 Å². The molecule has 0 radical (unpaired) electrons. The van der Waals surface area contributed by atoms with Crippen molar-refractivity contribution in [2.45, 2.75) is 6.42 Å². The number of hydrogen-bond acceptors (Lipinski definition) is 2. The summed E-state index contributed by atoms with van der Waals surface area (Å²) >= 11 is 0. The second kappa shape index (κ2) is 8.20. The zero-order chi connectivity index (χ0) is 23.1. The lowest BCUT2D eigenvalue weighted by atomic mass is 10.0. The minimum atomic E-state index is -3.15. The standard InChI is InChI=1S/C30H24NO2P/c1-33-24-18-16-22(17-19-24)30-28-20-23-10-8-9-15-27(23)31(28)21-29(30)34(32,25-11-4-2-5-12-25)26-13-6-3-7-14-26/h2-19,21H,20H2,1H3. The van der Waals surface area contributed by atoms with Crippen molar-refractivity contribution >= 4 is 23.1 Å². The van der Waals surface area contributed by atoms with Gasteiger partial charge in [0.2, 0.25) is 0 Å². The molecule has 1 aliphatic rings. The first-order valence-corrected chi connectivity index (χ1v) is 13.1. The van der Waals surface area contributed by atoms with Crippen LogP contribution in [0.5, 0.6) is 5.75 Å². The maximum atomic E-state index is 15.3. The smallest absolute Gasteiger partial charge is 0.173 e. The van der Waals surface area contributed by atoms with E-state index in [1.54, 1.807) is 7.11 Å². The molecule has 0 aliphatic carbocycles. The predicted octanol–water partition coefficient (Wildman–Crippen LogP) is 5.70. The van der Waals surface area contributed by atoms with Gasteiger partial charge in [0, 0.05) is 45.5 Å². The van der Waals surface area contributed by atoms with Crippen molar-refractivity contribution in [1.29, 1.82) is 0 Å². The van der Waals surface area contributed by atoms with Crippen molar-refractivity contribution in [3.63, 3.8) is 0 Å². The summed E-state index contributed by atoms with van der Waals surface area (Å²) in [6.07, 6.45) is 2.92. The molecule has 0 saturated carbocycles. The van der Waals surface area contributed by atoms with Crippen LogP contribution < -0.4 is 20.7 Å². The van der Waals surface area contributed by atoms with Crippen molar-refractivity contribution in [2.24, 2.45) is 0 Å². The zero-order valence-corrected chi connectivity index (χ0v) is 19.8. The molecule has 1 aromatic heterocycles. The molecule has 0 saturated heterocycles. The lowest BCUT2D eigenvalue weighted by molar-refractivity contribution is 0.415. The first-order valence-electron chi connectivity index (χ1n) is 11.4. The molecule has 5 aromatic rings. The average molecular weight is 462 g/mol. The van der Waals surface area contributed by atoms with Crippen molar-refractivity contribution < 1.29 is 9.30 Å². The fourth-order valence-electron chi connectivity index (χ4n) is 5.01. The highest BCUT2D eigenvalue weighted by Crippen LogP contribution is 2.48. The van der Waals surface area contributed by atoms with Gasteiger partial charge in [0.15, 0.2) is 7.14 Å². The van der Waals surface area contributed by atoms with Gasteiger partial charge in [-0.2, -0.15) is 0 Å². The summed E-state index contributed by atoms with van der Waals surface area (Å²) in [5.74, 6) is 0.804. The van der Waals surface area contributed by atoms with Crippen molar-refractivity contribution in [2.75, 3.05) is 7.11 Å². The van der Waals surface area contributed by atoms with E-state index in [0.29, 0.717) is 0 Å². The highest BCUT2D eigenvalue weighted by atomic mass is 31.2. The minimum absolute atomic E-state index is 0.804. The average Bonchev–Trinajstić information content (AvgIpc) is 3.46. The van der Waals surface area contributed by atoms with Gasteiger partial charge in [0.05, 0.1) is 7.11 Å². The summed E-state index contributed by atoms with van der Waals surface area (Å²) in [6, 6.07) is 36.3. The van der Waals surface area contributed by atoms with E-state index in [1.165, 1.54) is 11.3 Å². The molecule has 0 atom stereocenters. The molecular weight excluding hydrogens is 437 g/mol. The van der Waals surface area contributed by atoms with E-state index in [0.717, 1.165) is 44.9 Å². The Kier molecular flexibility index (Phi) is 5.01. The number of rotatable bonds is 5. The van der Waals surface area contributed by atoms with E-state index in [2.05, 4.69) is 47.2 Å². The summed E-state index contributed by atoms with van der Waals surface area (Å²) in [5.41, 5.74) is 5.71. The fourth-order valence-corrected chi connectivity index (χ4v) is 7.90. The summed E-state index contributed by atoms with van der Waals surface area (Å²) < 4.78 is 23.0. The van der Waals surface area contributed by atoms with Crippen LogP contribution in [0.15, 0.2) is 115 Å². The van der Waals surface area contributed by atoms with Crippen LogP contribution in [0.3, 0.4) is 0 Å². The molecule has 0 unspecified atom stereocenters. The van der Waals surface area contributed by atoms with E-state index < -0.39 is 7.14 Å². The molecule has 3 nitrogen and oxygen atoms in total. The van der Waals surface area contributed by atoms with Crippen molar-refractivity contribution in [1.82, 2.24) is 4.57 Å². The van der Waals surface area contributed by atoms with Gasteiger partial charge in [-0.05, 0) is 29.3 Å². The Hall–Kier alpha value is -3.81. The Morgan fingerprint density at radius 3 is 1.94 bits per heavy atom. The fraction of sp³-hybridized carbons (Fsp3) is 0.0667. The van der Waals surface area contributed by atoms with E-state index in [4.69, 9.17) is 4.74 Å². The van der Waals surface area contributed by atoms with E-state index in [-0.39, 0.29) is 0 Å². The minimum Gasteiger partial charge on any atom is -0.497 e. The topological polar surface area (TPSA) is 31.2 Å². The second-order valence-corrected chi connectivity index (χ2v) is 11.3. The molecule has 1 aliphatic heterocycles. The molecule has 6 rings (SSSR count). The van der Waals surface area contributed by atoms with Crippen LogP contribution in [-0.4, -0.2) is 11.7 Å². The van der Waals surface area contributed by atoms with Gasteiger partial charge in [-0.1, -0.05) is 91.0 Å². The normalized spacial score (nSPS) is 12.3. The third kappa shape index (κ3) is 3.16. The highest BCUT2D eigenvalue weighted by molar-refractivity contribution is 7.85. The number of methoxy groups -OCH3 is 1. The monoisotopic (exact) mass is 461 g/mol. The number of benzene rings is 4. The van der Waals surface area contributed by atoms with Crippen LogP contribution >= 0.6 is 7.14 Å². The van der Waals surface area contributed by atoms with Gasteiger partial charge in [0.1, 0.15) is 5.75 Å². The van der Waals surface area contributed by atoms with Gasteiger partial charge in [-0.3, -0.25) is 0 Å². The molecule has 34 heavy (non-hydrogen) atoms. The Bertz CT molecular complexity index is 1480. The van der Waals surface area contributed by atoms with Gasteiger partial charge in [0.25, 0.3) is 0 Å². The Morgan fingerprint density at radius 2 is 1.32 bits per heavy atom. The van der Waals surface area contributed by atoms with Crippen molar-refractivity contribution in [3.05, 3.63) is 127 Å². The molecular formula is C30H24NO2P. The number of hydrogen-bond donors (Lipinski definition) is 0. The zero-order valence-electron chi connectivity index (χ0n) is 18.9. The number of para-hydroxylation sites is 1. The molecule has 0 N–H and O–H groups in total. The molecule has 0 spiro atoms. The third-order valence-corrected chi connectivity index (χ3v) is 9.72. The maximum absolute atomic E-state index is 15.3. The van der Waals surface area contributed by atoms with E-state index in [1.807, 2.05) is 72.8 Å². The van der Waals surface area contributed by atoms with Crippen LogP contribution in [0.2, 0.25) is 0 Å². The van der Waals surface area contributed by atoms with Crippen LogP contribution in [0.25, 0.3) is 16.8 Å². The lowest BCUT2D eigenvalue weighted by Gasteiger charge is -2.21. The molecule has 0 amide bonds.